The SMILES string of the molecule is CN=[N+](CCS(=O)(=O)O)Nc1ccc(Cl)cc1C. The highest BCUT2D eigenvalue weighted by atomic mass is 35.5. The zero-order chi connectivity index (χ0) is 13.8. The minimum absolute atomic E-state index is 0.0391. The molecule has 0 aliphatic heterocycles. The normalized spacial score (nSPS) is 12.6. The van der Waals surface area contributed by atoms with Gasteiger partial charge in [-0.3, -0.25) is 4.55 Å². The van der Waals surface area contributed by atoms with Gasteiger partial charge in [0.1, 0.15) is 11.4 Å². The van der Waals surface area contributed by atoms with Crippen LogP contribution in [0.1, 0.15) is 5.56 Å². The molecule has 0 bridgehead atoms. The molecule has 2 N–H and O–H groups in total. The lowest BCUT2D eigenvalue weighted by Gasteiger charge is -2.05. The van der Waals surface area contributed by atoms with Crippen molar-refractivity contribution in [2.45, 2.75) is 6.92 Å². The number of hydrogen-bond acceptors (Lipinski definition) is 3. The summed E-state index contributed by atoms with van der Waals surface area (Å²) in [7, 11) is -2.49. The molecule has 0 heterocycles. The van der Waals surface area contributed by atoms with Gasteiger partial charge >= 0.3 is 0 Å². The maximum Gasteiger partial charge on any atom is 0.271 e. The first-order valence-corrected chi connectivity index (χ1v) is 7.16. The number of hydrogen-bond donors (Lipinski definition) is 2. The van der Waals surface area contributed by atoms with Gasteiger partial charge in [0.2, 0.25) is 6.54 Å². The first-order chi connectivity index (χ1) is 8.31. The second-order valence-electron chi connectivity index (χ2n) is 3.68. The smallest absolute Gasteiger partial charge is 0.271 e. The van der Waals surface area contributed by atoms with Gasteiger partial charge in [0, 0.05) is 5.02 Å². The largest absolute Gasteiger partial charge is 0.285 e. The lowest BCUT2D eigenvalue weighted by atomic mass is 10.2. The number of anilines is 1. The molecule has 0 amide bonds. The van der Waals surface area contributed by atoms with Crippen LogP contribution in [0.15, 0.2) is 23.3 Å². The van der Waals surface area contributed by atoms with Gasteiger partial charge in [-0.05, 0) is 40.6 Å². The fourth-order valence-corrected chi connectivity index (χ4v) is 1.93. The lowest BCUT2D eigenvalue weighted by molar-refractivity contribution is -0.560. The molecule has 0 unspecified atom stereocenters. The van der Waals surface area contributed by atoms with Crippen LogP contribution in [-0.4, -0.2) is 37.1 Å². The Morgan fingerprint density at radius 3 is 2.67 bits per heavy atom. The van der Waals surface area contributed by atoms with Gasteiger partial charge in [0.05, 0.1) is 7.05 Å². The Morgan fingerprint density at radius 1 is 1.50 bits per heavy atom. The summed E-state index contributed by atoms with van der Waals surface area (Å²) in [6.07, 6.45) is 0. The Labute approximate surface area is 111 Å². The summed E-state index contributed by atoms with van der Waals surface area (Å²) in [6.45, 7) is 1.90. The molecule has 0 atom stereocenters. The van der Waals surface area contributed by atoms with Crippen LogP contribution in [0.3, 0.4) is 0 Å². The van der Waals surface area contributed by atoms with E-state index in [9.17, 15) is 8.42 Å². The van der Waals surface area contributed by atoms with Crippen LogP contribution < -0.4 is 5.43 Å². The standard InChI is InChI=1S/C10H14ClN3O3S/c1-8-7-9(11)3-4-10(8)13-14(12-2)5-6-18(15,16)17/h3-4,7H,5-6H2,1-2H3,(H-,12,13,15,16,17)/p+1. The third kappa shape index (κ3) is 4.99. The number of rotatable bonds is 5. The molecule has 0 radical (unpaired) electrons. The molecule has 1 rings (SSSR count). The molecule has 0 aliphatic rings. The quantitative estimate of drug-likeness (QED) is 0.376. The summed E-state index contributed by atoms with van der Waals surface area (Å²) >= 11 is 5.83. The van der Waals surface area contributed by atoms with E-state index in [4.69, 9.17) is 16.2 Å². The molecule has 0 aliphatic carbocycles. The number of nitrogens with zero attached hydrogens (tertiary/aromatic N) is 2. The third-order valence-corrected chi connectivity index (χ3v) is 3.17. The number of azo groups is 1. The molecular weight excluding hydrogens is 278 g/mol. The van der Waals surface area contributed by atoms with Crippen LogP contribution >= 0.6 is 11.6 Å². The zero-order valence-corrected chi connectivity index (χ0v) is 11.7. The van der Waals surface area contributed by atoms with Crippen molar-refractivity contribution in [2.75, 3.05) is 24.8 Å². The molecular formula is C10H15ClN3O3S+. The van der Waals surface area contributed by atoms with Gasteiger partial charge < -0.3 is 0 Å². The molecule has 100 valence electrons. The van der Waals surface area contributed by atoms with Gasteiger partial charge in [0.25, 0.3) is 10.1 Å². The number of benzene rings is 1. The average Bonchev–Trinajstić information content (AvgIpc) is 2.25. The van der Waals surface area contributed by atoms with Crippen molar-refractivity contribution in [3.63, 3.8) is 0 Å². The first-order valence-electron chi connectivity index (χ1n) is 5.17. The number of aryl methyl sites for hydroxylation is 1. The second-order valence-corrected chi connectivity index (χ2v) is 5.69. The summed E-state index contributed by atoms with van der Waals surface area (Å²) in [5, 5.41) is 4.48. The highest BCUT2D eigenvalue weighted by Gasteiger charge is 2.14. The molecule has 0 saturated carbocycles. The third-order valence-electron chi connectivity index (χ3n) is 2.24. The highest BCUT2D eigenvalue weighted by molar-refractivity contribution is 7.85. The van der Waals surface area contributed by atoms with E-state index in [2.05, 4.69) is 10.5 Å². The van der Waals surface area contributed by atoms with E-state index in [0.29, 0.717) is 5.02 Å². The predicted octanol–water partition coefficient (Wildman–Crippen LogP) is 1.96. The van der Waals surface area contributed by atoms with Gasteiger partial charge in [-0.1, -0.05) is 11.6 Å². The van der Waals surface area contributed by atoms with E-state index in [1.54, 1.807) is 18.2 Å². The molecule has 0 fully saturated rings. The van der Waals surface area contributed by atoms with Crippen LogP contribution in [0.5, 0.6) is 0 Å². The average molecular weight is 293 g/mol. The van der Waals surface area contributed by atoms with Crippen molar-refractivity contribution < 1.29 is 17.8 Å². The van der Waals surface area contributed by atoms with Crippen LogP contribution in [0.2, 0.25) is 5.02 Å². The molecule has 6 nitrogen and oxygen atoms in total. The predicted molar refractivity (Wildman–Crippen MR) is 69.7 cm³/mol. The van der Waals surface area contributed by atoms with Gasteiger partial charge in [-0.2, -0.15) is 8.42 Å². The molecule has 0 saturated heterocycles. The molecule has 18 heavy (non-hydrogen) atoms. The van der Waals surface area contributed by atoms with Crippen LogP contribution in [0.4, 0.5) is 5.69 Å². The van der Waals surface area contributed by atoms with Gasteiger partial charge in [-0.15, -0.1) is 5.43 Å². The monoisotopic (exact) mass is 292 g/mol. The minimum atomic E-state index is -4.00. The Kier molecular flexibility index (Phi) is 5.06. The van der Waals surface area contributed by atoms with E-state index in [1.807, 2.05) is 6.92 Å². The highest BCUT2D eigenvalue weighted by Crippen LogP contribution is 2.19. The summed E-state index contributed by atoms with van der Waals surface area (Å²) in [4.78, 5) is 1.34. The van der Waals surface area contributed by atoms with Crippen LogP contribution in [0.25, 0.3) is 0 Å². The number of hydrazine groups is 1. The van der Waals surface area contributed by atoms with Crippen molar-refractivity contribution in [3.05, 3.63) is 28.8 Å². The summed E-state index contributed by atoms with van der Waals surface area (Å²) in [5.74, 6) is -0.399. The minimum Gasteiger partial charge on any atom is -0.285 e. The summed E-state index contributed by atoms with van der Waals surface area (Å²) in [5.41, 5.74) is 4.60. The molecule has 8 heteroatoms. The fourth-order valence-electron chi connectivity index (χ4n) is 1.30. The van der Waals surface area contributed by atoms with E-state index in [1.165, 1.54) is 11.9 Å². The van der Waals surface area contributed by atoms with Crippen molar-refractivity contribution in [1.82, 2.24) is 0 Å². The Balaban J connectivity index is 2.75. The van der Waals surface area contributed by atoms with Crippen molar-refractivity contribution in [3.8, 4) is 0 Å². The Morgan fingerprint density at radius 2 is 2.17 bits per heavy atom. The van der Waals surface area contributed by atoms with Crippen LogP contribution in [0, 0.1) is 6.92 Å². The van der Waals surface area contributed by atoms with E-state index in [-0.39, 0.29) is 6.54 Å². The van der Waals surface area contributed by atoms with Gasteiger partial charge in [-0.25, -0.2) is 0 Å². The zero-order valence-electron chi connectivity index (χ0n) is 10.1. The maximum absolute atomic E-state index is 10.7. The van der Waals surface area contributed by atoms with E-state index in [0.717, 1.165) is 11.3 Å². The number of nitrogens with one attached hydrogen (secondary N) is 1. The maximum atomic E-state index is 10.7. The second kappa shape index (κ2) is 6.12. The van der Waals surface area contributed by atoms with E-state index < -0.39 is 15.9 Å². The summed E-state index contributed by atoms with van der Waals surface area (Å²) < 4.78 is 30.0. The van der Waals surface area contributed by atoms with Crippen molar-refractivity contribution in [2.24, 2.45) is 5.11 Å². The van der Waals surface area contributed by atoms with E-state index >= 15 is 0 Å². The molecule has 1 aromatic carbocycles. The lowest BCUT2D eigenvalue weighted by Crippen LogP contribution is -2.24. The van der Waals surface area contributed by atoms with Crippen molar-refractivity contribution >= 4 is 27.4 Å². The van der Waals surface area contributed by atoms with Gasteiger partial charge in [0.15, 0.2) is 0 Å². The van der Waals surface area contributed by atoms with Crippen molar-refractivity contribution in [1.29, 1.82) is 0 Å². The Hall–Kier alpha value is -1.18. The topological polar surface area (TPSA) is 81.8 Å². The fraction of sp³-hybridized carbons (Fsp3) is 0.400. The molecule has 0 spiro atoms. The van der Waals surface area contributed by atoms with Crippen LogP contribution in [-0.2, 0) is 10.1 Å². The number of halogens is 1. The Bertz CT molecular complexity index is 557. The summed E-state index contributed by atoms with van der Waals surface area (Å²) in [6, 6.07) is 5.26. The first kappa shape index (κ1) is 14.9. The molecule has 0 aromatic heterocycles. The molecule has 1 aromatic rings.